The van der Waals surface area contributed by atoms with Gasteiger partial charge in [-0.2, -0.15) is 0 Å². The average molecular weight is 316 g/mol. The van der Waals surface area contributed by atoms with Crippen LogP contribution in [-0.2, 0) is 4.79 Å². The summed E-state index contributed by atoms with van der Waals surface area (Å²) in [6.07, 6.45) is 2.59. The van der Waals surface area contributed by atoms with Gasteiger partial charge in [-0.05, 0) is 6.07 Å². The lowest BCUT2D eigenvalue weighted by Crippen LogP contribution is -2.42. The van der Waals surface area contributed by atoms with Crippen LogP contribution in [0.15, 0.2) is 41.9 Å². The summed E-state index contributed by atoms with van der Waals surface area (Å²) in [5, 5.41) is 6.53. The zero-order valence-electron chi connectivity index (χ0n) is 13.7. The van der Waals surface area contributed by atoms with E-state index >= 15 is 0 Å². The van der Waals surface area contributed by atoms with Gasteiger partial charge >= 0.3 is 0 Å². The molecule has 1 heterocycles. The third-order valence-electron chi connectivity index (χ3n) is 3.55. The second-order valence-electron chi connectivity index (χ2n) is 5.49. The summed E-state index contributed by atoms with van der Waals surface area (Å²) in [4.78, 5) is 17.6. The van der Waals surface area contributed by atoms with Crippen LogP contribution in [0.1, 0.15) is 18.0 Å². The van der Waals surface area contributed by atoms with Crippen molar-refractivity contribution in [2.75, 3.05) is 33.8 Å². The minimum atomic E-state index is -0.0444. The molecular weight excluding hydrogens is 292 g/mol. The summed E-state index contributed by atoms with van der Waals surface area (Å²) >= 11 is 0. The SMILES string of the molecule is C=CCNC(=NCC(=O)N(C)C)NC1CCOc2ccccc21. The van der Waals surface area contributed by atoms with Crippen LogP contribution in [0.25, 0.3) is 0 Å². The average Bonchev–Trinajstić information content (AvgIpc) is 2.57. The van der Waals surface area contributed by atoms with Gasteiger partial charge in [-0.1, -0.05) is 24.3 Å². The van der Waals surface area contributed by atoms with Crippen molar-refractivity contribution in [3.8, 4) is 5.75 Å². The molecule has 0 saturated heterocycles. The van der Waals surface area contributed by atoms with Crippen LogP contribution in [0.4, 0.5) is 0 Å². The minimum Gasteiger partial charge on any atom is -0.493 e. The van der Waals surface area contributed by atoms with E-state index in [2.05, 4.69) is 22.2 Å². The maximum absolute atomic E-state index is 11.7. The van der Waals surface area contributed by atoms with E-state index in [1.54, 1.807) is 20.2 Å². The van der Waals surface area contributed by atoms with Crippen LogP contribution in [0.3, 0.4) is 0 Å². The first-order valence-corrected chi connectivity index (χ1v) is 7.69. The molecule has 0 saturated carbocycles. The number of benzene rings is 1. The van der Waals surface area contributed by atoms with Gasteiger partial charge in [-0.25, -0.2) is 4.99 Å². The largest absolute Gasteiger partial charge is 0.493 e. The maximum Gasteiger partial charge on any atom is 0.243 e. The first-order chi connectivity index (χ1) is 11.1. The van der Waals surface area contributed by atoms with Gasteiger partial charge in [0.1, 0.15) is 12.3 Å². The van der Waals surface area contributed by atoms with E-state index in [9.17, 15) is 4.79 Å². The fraction of sp³-hybridized carbons (Fsp3) is 0.412. The van der Waals surface area contributed by atoms with Gasteiger partial charge in [0.15, 0.2) is 5.96 Å². The van der Waals surface area contributed by atoms with Gasteiger partial charge in [0, 0.05) is 32.6 Å². The van der Waals surface area contributed by atoms with Crippen molar-refractivity contribution in [1.82, 2.24) is 15.5 Å². The van der Waals surface area contributed by atoms with Crippen LogP contribution in [0, 0.1) is 0 Å². The Hall–Kier alpha value is -2.50. The Morgan fingerprint density at radius 3 is 3.00 bits per heavy atom. The molecule has 0 spiro atoms. The van der Waals surface area contributed by atoms with Gasteiger partial charge in [0.05, 0.1) is 12.6 Å². The molecule has 1 atom stereocenters. The second kappa shape index (κ2) is 8.22. The van der Waals surface area contributed by atoms with Crippen molar-refractivity contribution in [2.45, 2.75) is 12.5 Å². The van der Waals surface area contributed by atoms with Crippen LogP contribution in [0.5, 0.6) is 5.75 Å². The molecule has 124 valence electrons. The third-order valence-corrected chi connectivity index (χ3v) is 3.55. The summed E-state index contributed by atoms with van der Waals surface area (Å²) in [5.41, 5.74) is 1.10. The third kappa shape index (κ3) is 4.74. The fourth-order valence-electron chi connectivity index (χ4n) is 2.27. The number of likely N-dealkylation sites (N-methyl/N-ethyl adjacent to an activating group) is 1. The minimum absolute atomic E-state index is 0.0444. The molecular formula is C17H24N4O2. The fourth-order valence-corrected chi connectivity index (χ4v) is 2.27. The zero-order valence-corrected chi connectivity index (χ0v) is 13.7. The first kappa shape index (κ1) is 16.9. The van der Waals surface area contributed by atoms with E-state index in [4.69, 9.17) is 4.74 Å². The number of aliphatic imine (C=N–C) groups is 1. The molecule has 1 aliphatic heterocycles. The Morgan fingerprint density at radius 1 is 1.48 bits per heavy atom. The molecule has 2 N–H and O–H groups in total. The predicted octanol–water partition coefficient (Wildman–Crippen LogP) is 1.32. The second-order valence-corrected chi connectivity index (χ2v) is 5.49. The van der Waals surface area contributed by atoms with Crippen LogP contribution >= 0.6 is 0 Å². The van der Waals surface area contributed by atoms with Gasteiger partial charge in [-0.15, -0.1) is 6.58 Å². The van der Waals surface area contributed by atoms with Gasteiger partial charge in [0.2, 0.25) is 5.91 Å². The maximum atomic E-state index is 11.7. The van der Waals surface area contributed by atoms with Gasteiger partial charge in [0.25, 0.3) is 0 Å². The number of carbonyl (C=O) groups excluding carboxylic acids is 1. The molecule has 0 fully saturated rings. The highest BCUT2D eigenvalue weighted by molar-refractivity contribution is 5.85. The highest BCUT2D eigenvalue weighted by Crippen LogP contribution is 2.31. The van der Waals surface area contributed by atoms with E-state index < -0.39 is 0 Å². The van der Waals surface area contributed by atoms with Gasteiger partial charge in [-0.3, -0.25) is 4.79 Å². The lowest BCUT2D eigenvalue weighted by atomic mass is 10.0. The number of amides is 1. The Morgan fingerprint density at radius 2 is 2.26 bits per heavy atom. The molecule has 1 unspecified atom stereocenters. The number of para-hydroxylation sites is 1. The Labute approximate surface area is 137 Å². The number of carbonyl (C=O) groups is 1. The Balaban J connectivity index is 2.10. The molecule has 23 heavy (non-hydrogen) atoms. The highest BCUT2D eigenvalue weighted by atomic mass is 16.5. The van der Waals surface area contributed by atoms with E-state index in [0.717, 1.165) is 17.7 Å². The molecule has 0 aromatic heterocycles. The summed E-state index contributed by atoms with van der Waals surface area (Å²) in [7, 11) is 3.44. The monoisotopic (exact) mass is 316 g/mol. The summed E-state index contributed by atoms with van der Waals surface area (Å²) in [5.74, 6) is 1.45. The quantitative estimate of drug-likeness (QED) is 0.488. The van der Waals surface area contributed by atoms with Crippen molar-refractivity contribution in [1.29, 1.82) is 0 Å². The Kier molecular flexibility index (Phi) is 6.02. The lowest BCUT2D eigenvalue weighted by Gasteiger charge is -2.28. The number of fused-ring (bicyclic) bond motifs is 1. The molecule has 6 nitrogen and oxygen atoms in total. The zero-order chi connectivity index (χ0) is 16.7. The molecule has 1 aromatic carbocycles. The topological polar surface area (TPSA) is 66.0 Å². The van der Waals surface area contributed by atoms with Crippen molar-refractivity contribution >= 4 is 11.9 Å². The highest BCUT2D eigenvalue weighted by Gasteiger charge is 2.21. The molecule has 1 amide bonds. The van der Waals surface area contributed by atoms with Crippen LogP contribution in [-0.4, -0.2) is 50.6 Å². The standard InChI is InChI=1S/C17H24N4O2/c1-4-10-18-17(19-12-16(22)21(2)3)20-14-9-11-23-15-8-6-5-7-13(14)15/h4-8,14H,1,9-12H2,2-3H3,(H2,18,19,20). The number of nitrogens with zero attached hydrogens (tertiary/aromatic N) is 2. The van der Waals surface area contributed by atoms with E-state index in [1.165, 1.54) is 4.90 Å². The molecule has 0 bridgehead atoms. The molecule has 1 aliphatic rings. The molecule has 1 aromatic rings. The number of guanidine groups is 1. The van der Waals surface area contributed by atoms with E-state index in [1.807, 2.05) is 24.3 Å². The van der Waals surface area contributed by atoms with E-state index in [-0.39, 0.29) is 18.5 Å². The number of hydrogen-bond donors (Lipinski definition) is 2. The molecule has 6 heteroatoms. The summed E-state index contributed by atoms with van der Waals surface area (Å²) in [6, 6.07) is 8.06. The van der Waals surface area contributed by atoms with Crippen LogP contribution < -0.4 is 15.4 Å². The Bertz CT molecular complexity index is 584. The smallest absolute Gasteiger partial charge is 0.243 e. The van der Waals surface area contributed by atoms with Crippen molar-refractivity contribution in [3.05, 3.63) is 42.5 Å². The number of ether oxygens (including phenoxy) is 1. The van der Waals surface area contributed by atoms with Crippen molar-refractivity contribution in [3.63, 3.8) is 0 Å². The number of nitrogens with one attached hydrogen (secondary N) is 2. The summed E-state index contributed by atoms with van der Waals surface area (Å²) in [6.45, 7) is 5.03. The number of rotatable bonds is 5. The first-order valence-electron chi connectivity index (χ1n) is 7.69. The van der Waals surface area contributed by atoms with E-state index in [0.29, 0.717) is 19.1 Å². The van der Waals surface area contributed by atoms with Crippen molar-refractivity contribution in [2.24, 2.45) is 4.99 Å². The normalized spacial score (nSPS) is 16.8. The van der Waals surface area contributed by atoms with Crippen molar-refractivity contribution < 1.29 is 9.53 Å². The predicted molar refractivity (Wildman–Crippen MR) is 91.6 cm³/mol. The lowest BCUT2D eigenvalue weighted by molar-refractivity contribution is -0.127. The summed E-state index contributed by atoms with van der Waals surface area (Å²) < 4.78 is 5.67. The molecule has 0 aliphatic carbocycles. The molecule has 2 rings (SSSR count). The van der Waals surface area contributed by atoms with Gasteiger partial charge < -0.3 is 20.3 Å². The van der Waals surface area contributed by atoms with Crippen LogP contribution in [0.2, 0.25) is 0 Å². The number of hydrogen-bond acceptors (Lipinski definition) is 3. The molecule has 0 radical (unpaired) electrons.